The number of halogens is 3. The number of thioether (sulfide) groups is 1. The Morgan fingerprint density at radius 2 is 2.19 bits per heavy atom. The number of carbonyl (C=O) groups is 1. The van der Waals surface area contributed by atoms with E-state index >= 15 is 0 Å². The number of aryl methyl sites for hydroxylation is 2. The Kier molecular flexibility index (Phi) is 6.17. The number of aromatic nitrogens is 2. The molecule has 0 bridgehead atoms. The van der Waals surface area contributed by atoms with Crippen LogP contribution >= 0.6 is 23.1 Å². The van der Waals surface area contributed by atoms with Crippen LogP contribution in [0.2, 0.25) is 0 Å². The number of benzene rings is 1. The lowest BCUT2D eigenvalue weighted by atomic mass is 10.2. The highest BCUT2D eigenvalue weighted by molar-refractivity contribution is 8.00. The Balaban J connectivity index is 1.60. The first kappa shape index (κ1) is 22.6. The van der Waals surface area contributed by atoms with Gasteiger partial charge in [0.1, 0.15) is 4.83 Å². The minimum Gasteiger partial charge on any atom is -0.325 e. The lowest BCUT2D eigenvalue weighted by Crippen LogP contribution is -2.27. The second-order valence-electron chi connectivity index (χ2n) is 7.46. The van der Waals surface area contributed by atoms with E-state index in [2.05, 4.69) is 16.9 Å². The van der Waals surface area contributed by atoms with Crippen LogP contribution in [0.1, 0.15) is 29.3 Å². The van der Waals surface area contributed by atoms with Gasteiger partial charge in [-0.25, -0.2) is 4.98 Å². The first-order chi connectivity index (χ1) is 15.2. The van der Waals surface area contributed by atoms with Gasteiger partial charge in [0.05, 0.1) is 16.2 Å². The molecule has 4 rings (SSSR count). The minimum absolute atomic E-state index is 0.0545. The fraction of sp³-hybridized carbons (Fsp3) is 0.318. The second-order valence-corrected chi connectivity index (χ2v) is 9.86. The van der Waals surface area contributed by atoms with Crippen molar-refractivity contribution in [3.8, 4) is 0 Å². The lowest BCUT2D eigenvalue weighted by Gasteiger charge is -2.15. The van der Waals surface area contributed by atoms with Crippen LogP contribution in [0.15, 0.2) is 46.9 Å². The van der Waals surface area contributed by atoms with Crippen molar-refractivity contribution in [3.05, 3.63) is 63.3 Å². The maximum absolute atomic E-state index is 13.2. The molecule has 0 saturated heterocycles. The summed E-state index contributed by atoms with van der Waals surface area (Å²) in [6.07, 6.45) is -0.0689. The number of thiophene rings is 1. The quantitative estimate of drug-likeness (QED) is 0.297. The Bertz CT molecular complexity index is 1260. The fourth-order valence-corrected chi connectivity index (χ4v) is 5.89. The summed E-state index contributed by atoms with van der Waals surface area (Å²) in [5, 5.41) is 2.85. The predicted molar refractivity (Wildman–Crippen MR) is 121 cm³/mol. The van der Waals surface area contributed by atoms with Crippen molar-refractivity contribution in [2.24, 2.45) is 0 Å². The molecule has 1 aliphatic carbocycles. The van der Waals surface area contributed by atoms with E-state index in [4.69, 9.17) is 0 Å². The van der Waals surface area contributed by atoms with Crippen LogP contribution in [0.25, 0.3) is 10.2 Å². The van der Waals surface area contributed by atoms with Crippen molar-refractivity contribution in [2.45, 2.75) is 49.3 Å². The van der Waals surface area contributed by atoms with Crippen LogP contribution in [-0.4, -0.2) is 20.7 Å². The third-order valence-corrected chi connectivity index (χ3v) is 7.49. The molecule has 5 nitrogen and oxygen atoms in total. The van der Waals surface area contributed by atoms with Crippen molar-refractivity contribution in [2.75, 3.05) is 5.32 Å². The monoisotopic (exact) mass is 479 g/mol. The van der Waals surface area contributed by atoms with Crippen LogP contribution in [0.5, 0.6) is 0 Å². The number of alkyl halides is 3. The van der Waals surface area contributed by atoms with Crippen molar-refractivity contribution >= 4 is 44.9 Å². The third-order valence-electron chi connectivity index (χ3n) is 5.21. The second kappa shape index (κ2) is 8.74. The summed E-state index contributed by atoms with van der Waals surface area (Å²) in [4.78, 5) is 32.4. The van der Waals surface area contributed by atoms with Crippen LogP contribution < -0.4 is 10.9 Å². The maximum Gasteiger partial charge on any atom is 0.416 e. The molecular weight excluding hydrogens is 459 g/mol. The van der Waals surface area contributed by atoms with Gasteiger partial charge in [0.15, 0.2) is 5.16 Å². The standard InChI is InChI=1S/C22H20F3N3O2S2/c1-3-10-28-20(30)17-15-8-5-9-16(15)32-19(17)27-21(28)31-12(2)18(29)26-14-7-4-6-13(11-14)22(23,24)25/h3-4,6-7,11-12H,1,5,8-10H2,2H3,(H,26,29)/t12-/m1/s1. The van der Waals surface area contributed by atoms with Crippen LogP contribution in [-0.2, 0) is 30.4 Å². The van der Waals surface area contributed by atoms with E-state index in [9.17, 15) is 22.8 Å². The summed E-state index contributed by atoms with van der Waals surface area (Å²) in [7, 11) is 0. The number of hydrogen-bond donors (Lipinski definition) is 1. The largest absolute Gasteiger partial charge is 0.416 e. The zero-order valence-electron chi connectivity index (χ0n) is 17.2. The molecule has 0 saturated carbocycles. The van der Waals surface area contributed by atoms with Crippen molar-refractivity contribution < 1.29 is 18.0 Å². The van der Waals surface area contributed by atoms with Gasteiger partial charge in [-0.3, -0.25) is 14.2 Å². The molecule has 32 heavy (non-hydrogen) atoms. The van der Waals surface area contributed by atoms with Gasteiger partial charge in [0.25, 0.3) is 5.56 Å². The Morgan fingerprint density at radius 3 is 2.91 bits per heavy atom. The maximum atomic E-state index is 13.2. The molecule has 10 heteroatoms. The van der Waals surface area contributed by atoms with Gasteiger partial charge in [-0.1, -0.05) is 23.9 Å². The summed E-state index contributed by atoms with van der Waals surface area (Å²) in [6, 6.07) is 4.47. The van der Waals surface area contributed by atoms with E-state index in [1.807, 2.05) is 0 Å². The molecule has 0 spiro atoms. The molecule has 0 aliphatic heterocycles. The lowest BCUT2D eigenvalue weighted by molar-refractivity contribution is -0.137. The predicted octanol–water partition coefficient (Wildman–Crippen LogP) is 5.27. The number of allylic oxidation sites excluding steroid dienone is 1. The molecule has 168 valence electrons. The average Bonchev–Trinajstić information content (AvgIpc) is 3.31. The van der Waals surface area contributed by atoms with E-state index in [-0.39, 0.29) is 17.8 Å². The van der Waals surface area contributed by atoms with E-state index in [0.29, 0.717) is 15.4 Å². The van der Waals surface area contributed by atoms with Gasteiger partial charge in [-0.2, -0.15) is 13.2 Å². The van der Waals surface area contributed by atoms with Gasteiger partial charge >= 0.3 is 6.18 Å². The van der Waals surface area contributed by atoms with Crippen LogP contribution in [0.3, 0.4) is 0 Å². The van der Waals surface area contributed by atoms with E-state index < -0.39 is 22.9 Å². The smallest absolute Gasteiger partial charge is 0.325 e. The zero-order chi connectivity index (χ0) is 23.0. The number of fused-ring (bicyclic) bond motifs is 3. The van der Waals surface area contributed by atoms with Gasteiger partial charge in [0, 0.05) is 17.1 Å². The number of rotatable bonds is 6. The number of nitrogens with zero attached hydrogens (tertiary/aromatic N) is 2. The Labute approximate surface area is 190 Å². The number of amides is 1. The molecule has 2 aromatic heterocycles. The van der Waals surface area contributed by atoms with E-state index in [0.717, 1.165) is 48.7 Å². The molecule has 3 aromatic rings. The molecule has 0 fully saturated rings. The summed E-state index contributed by atoms with van der Waals surface area (Å²) < 4.78 is 40.3. The molecule has 1 N–H and O–H groups in total. The van der Waals surface area contributed by atoms with Crippen molar-refractivity contribution in [3.63, 3.8) is 0 Å². The summed E-state index contributed by atoms with van der Waals surface area (Å²) in [5.41, 5.74) is 0.140. The van der Waals surface area contributed by atoms with Gasteiger partial charge in [0.2, 0.25) is 5.91 Å². The Hall–Kier alpha value is -2.59. The number of carbonyl (C=O) groups excluding carboxylic acids is 1. The van der Waals surface area contributed by atoms with Crippen molar-refractivity contribution in [1.82, 2.24) is 9.55 Å². The molecule has 1 aromatic carbocycles. The van der Waals surface area contributed by atoms with E-state index in [1.54, 1.807) is 13.0 Å². The highest BCUT2D eigenvalue weighted by atomic mass is 32.2. The molecular formula is C22H20F3N3O2S2. The first-order valence-corrected chi connectivity index (χ1v) is 11.7. The van der Waals surface area contributed by atoms with Crippen molar-refractivity contribution in [1.29, 1.82) is 0 Å². The molecule has 2 heterocycles. The highest BCUT2D eigenvalue weighted by Crippen LogP contribution is 2.36. The highest BCUT2D eigenvalue weighted by Gasteiger charge is 2.31. The summed E-state index contributed by atoms with van der Waals surface area (Å²) in [6.45, 7) is 5.58. The SMILES string of the molecule is C=CCn1c(S[C@H](C)C(=O)Nc2cccc(C(F)(F)F)c2)nc2sc3c(c2c1=O)CCC3. The van der Waals surface area contributed by atoms with Gasteiger partial charge < -0.3 is 5.32 Å². The zero-order valence-corrected chi connectivity index (χ0v) is 18.8. The molecule has 1 aliphatic rings. The molecule has 0 radical (unpaired) electrons. The van der Waals surface area contributed by atoms with Crippen LogP contribution in [0, 0.1) is 0 Å². The first-order valence-electron chi connectivity index (χ1n) is 9.99. The van der Waals surface area contributed by atoms with E-state index in [1.165, 1.54) is 32.9 Å². The third kappa shape index (κ3) is 4.33. The molecule has 1 amide bonds. The van der Waals surface area contributed by atoms with Gasteiger partial charge in [-0.05, 0) is 49.9 Å². The summed E-state index contributed by atoms with van der Waals surface area (Å²) >= 11 is 2.61. The Morgan fingerprint density at radius 1 is 1.41 bits per heavy atom. The topological polar surface area (TPSA) is 64.0 Å². The summed E-state index contributed by atoms with van der Waals surface area (Å²) in [5.74, 6) is -0.484. The normalized spacial score (nSPS) is 14.4. The molecule has 0 unspecified atom stereocenters. The average molecular weight is 480 g/mol. The number of anilines is 1. The minimum atomic E-state index is -4.50. The number of nitrogens with one attached hydrogen (secondary N) is 1. The van der Waals surface area contributed by atoms with Crippen LogP contribution in [0.4, 0.5) is 18.9 Å². The number of hydrogen-bond acceptors (Lipinski definition) is 5. The molecule has 1 atom stereocenters. The fourth-order valence-electron chi connectivity index (χ4n) is 3.67. The van der Waals surface area contributed by atoms with Gasteiger partial charge in [-0.15, -0.1) is 17.9 Å².